The van der Waals surface area contributed by atoms with Crippen molar-refractivity contribution in [3.8, 4) is 45.1 Å². The van der Waals surface area contributed by atoms with Crippen LogP contribution >= 0.6 is 0 Å². The molecule has 2 heteroatoms. The Hall–Kier alpha value is -4.69. The zero-order chi connectivity index (χ0) is 25.2. The van der Waals surface area contributed by atoms with Crippen molar-refractivity contribution in [1.29, 1.82) is 0 Å². The van der Waals surface area contributed by atoms with Crippen molar-refractivity contribution in [2.45, 2.75) is 13.8 Å². The molecule has 0 unspecified atom stereocenters. The van der Waals surface area contributed by atoms with Gasteiger partial charge in [-0.1, -0.05) is 84.9 Å². The Bertz CT molecular complexity index is 1630. The minimum Gasteiger partial charge on any atom is -0.438 e. The van der Waals surface area contributed by atoms with Crippen molar-refractivity contribution >= 4 is 10.8 Å². The standard InChI is InChI=1S/C35H27NO/c1-24-18-30-23-34(36-35(33(30)19-25(24)2)37-32-16-10-5-11-17-32)31-21-28(26-12-6-3-7-13-26)20-29(22-31)27-14-8-4-9-15-27/h3-23H,1-2H3. The van der Waals surface area contributed by atoms with Crippen LogP contribution in [0.15, 0.2) is 127 Å². The minimum atomic E-state index is 0.619. The number of aromatic nitrogens is 1. The molecule has 0 radical (unpaired) electrons. The van der Waals surface area contributed by atoms with Gasteiger partial charge in [-0.2, -0.15) is 0 Å². The summed E-state index contributed by atoms with van der Waals surface area (Å²) in [6.45, 7) is 4.28. The van der Waals surface area contributed by atoms with Gasteiger partial charge in [0.15, 0.2) is 0 Å². The highest BCUT2D eigenvalue weighted by molar-refractivity contribution is 5.92. The first-order valence-electron chi connectivity index (χ1n) is 12.6. The van der Waals surface area contributed by atoms with Gasteiger partial charge in [0.2, 0.25) is 5.88 Å². The predicted molar refractivity (Wildman–Crippen MR) is 154 cm³/mol. The lowest BCUT2D eigenvalue weighted by Crippen LogP contribution is -1.95. The largest absolute Gasteiger partial charge is 0.438 e. The second-order valence-electron chi connectivity index (χ2n) is 9.42. The third-order valence-corrected chi connectivity index (χ3v) is 6.81. The summed E-state index contributed by atoms with van der Waals surface area (Å²) in [5.74, 6) is 1.39. The van der Waals surface area contributed by atoms with Crippen LogP contribution in [0.2, 0.25) is 0 Å². The number of benzene rings is 5. The lowest BCUT2D eigenvalue weighted by molar-refractivity contribution is 0.470. The molecule has 0 saturated carbocycles. The number of nitrogens with zero attached hydrogens (tertiary/aromatic N) is 1. The minimum absolute atomic E-state index is 0.619. The van der Waals surface area contributed by atoms with Crippen LogP contribution in [0.4, 0.5) is 0 Å². The van der Waals surface area contributed by atoms with E-state index in [4.69, 9.17) is 9.72 Å². The molecule has 1 aromatic heterocycles. The molecular weight excluding hydrogens is 450 g/mol. The summed E-state index contributed by atoms with van der Waals surface area (Å²) >= 11 is 0. The Morgan fingerprint density at radius 2 is 1.00 bits per heavy atom. The molecule has 5 aromatic carbocycles. The van der Waals surface area contributed by atoms with Gasteiger partial charge in [-0.25, -0.2) is 4.98 Å². The van der Waals surface area contributed by atoms with Crippen molar-refractivity contribution in [3.63, 3.8) is 0 Å². The van der Waals surface area contributed by atoms with Crippen molar-refractivity contribution in [2.75, 3.05) is 0 Å². The van der Waals surface area contributed by atoms with E-state index in [1.54, 1.807) is 0 Å². The second kappa shape index (κ2) is 9.75. The molecule has 2 nitrogen and oxygen atoms in total. The van der Waals surface area contributed by atoms with Gasteiger partial charge < -0.3 is 4.74 Å². The molecule has 0 fully saturated rings. The molecule has 178 valence electrons. The van der Waals surface area contributed by atoms with E-state index in [9.17, 15) is 0 Å². The molecular formula is C35H27NO. The lowest BCUT2D eigenvalue weighted by atomic mass is 9.94. The Kier molecular flexibility index (Phi) is 6.00. The first-order chi connectivity index (χ1) is 18.1. The highest BCUT2D eigenvalue weighted by atomic mass is 16.5. The number of pyridine rings is 1. The average molecular weight is 478 g/mol. The SMILES string of the molecule is Cc1cc2cc(-c3cc(-c4ccccc4)cc(-c4ccccc4)c3)nc(Oc3ccccc3)c2cc1C. The van der Waals surface area contributed by atoms with Crippen LogP contribution in [-0.2, 0) is 0 Å². The van der Waals surface area contributed by atoms with E-state index in [1.807, 2.05) is 42.5 Å². The van der Waals surface area contributed by atoms with Gasteiger partial charge in [0.1, 0.15) is 5.75 Å². The molecule has 37 heavy (non-hydrogen) atoms. The van der Waals surface area contributed by atoms with Crippen molar-refractivity contribution in [2.24, 2.45) is 0 Å². The van der Waals surface area contributed by atoms with Gasteiger partial charge in [-0.05, 0) is 95.1 Å². The Morgan fingerprint density at radius 3 is 1.59 bits per heavy atom. The normalized spacial score (nSPS) is 11.0. The van der Waals surface area contributed by atoms with Crippen molar-refractivity contribution < 1.29 is 4.74 Å². The maximum Gasteiger partial charge on any atom is 0.227 e. The summed E-state index contributed by atoms with van der Waals surface area (Å²) in [7, 11) is 0. The van der Waals surface area contributed by atoms with Crippen LogP contribution in [0.1, 0.15) is 11.1 Å². The maximum absolute atomic E-state index is 6.37. The van der Waals surface area contributed by atoms with Crippen LogP contribution in [0.25, 0.3) is 44.3 Å². The van der Waals surface area contributed by atoms with E-state index >= 15 is 0 Å². The number of aryl methyl sites for hydroxylation is 2. The van der Waals surface area contributed by atoms with E-state index in [0.29, 0.717) is 5.88 Å². The predicted octanol–water partition coefficient (Wildman–Crippen LogP) is 9.64. The number of rotatable bonds is 5. The van der Waals surface area contributed by atoms with Crippen molar-refractivity contribution in [3.05, 3.63) is 139 Å². The fourth-order valence-corrected chi connectivity index (χ4v) is 4.69. The van der Waals surface area contributed by atoms with E-state index in [2.05, 4.69) is 98.8 Å². The molecule has 0 amide bonds. The molecule has 0 saturated heterocycles. The summed E-state index contributed by atoms with van der Waals surface area (Å²) in [5.41, 5.74) is 9.07. The summed E-state index contributed by atoms with van der Waals surface area (Å²) < 4.78 is 6.37. The number of hydrogen-bond acceptors (Lipinski definition) is 2. The van der Waals surface area contributed by atoms with Gasteiger partial charge in [0, 0.05) is 10.9 Å². The highest BCUT2D eigenvalue weighted by Gasteiger charge is 2.14. The van der Waals surface area contributed by atoms with Gasteiger partial charge >= 0.3 is 0 Å². The first-order valence-corrected chi connectivity index (χ1v) is 12.6. The third kappa shape index (κ3) is 4.74. The fourth-order valence-electron chi connectivity index (χ4n) is 4.69. The number of hydrogen-bond donors (Lipinski definition) is 0. The summed E-state index contributed by atoms with van der Waals surface area (Å²) in [5, 5.41) is 2.13. The number of para-hydroxylation sites is 1. The molecule has 1 heterocycles. The van der Waals surface area contributed by atoms with Crippen LogP contribution in [0.5, 0.6) is 11.6 Å². The Morgan fingerprint density at radius 1 is 0.486 bits per heavy atom. The number of ether oxygens (including phenoxy) is 1. The highest BCUT2D eigenvalue weighted by Crippen LogP contribution is 2.37. The molecule has 0 aliphatic heterocycles. The average Bonchev–Trinajstić information content (AvgIpc) is 2.95. The van der Waals surface area contributed by atoms with Gasteiger partial charge in [-0.3, -0.25) is 0 Å². The molecule has 0 aliphatic carbocycles. The summed E-state index contributed by atoms with van der Waals surface area (Å²) in [4.78, 5) is 5.08. The van der Waals surface area contributed by atoms with E-state index in [0.717, 1.165) is 38.9 Å². The maximum atomic E-state index is 6.37. The summed E-state index contributed by atoms with van der Waals surface area (Å²) in [6.07, 6.45) is 0. The molecule has 6 rings (SSSR count). The van der Waals surface area contributed by atoms with Crippen LogP contribution < -0.4 is 4.74 Å². The zero-order valence-electron chi connectivity index (χ0n) is 21.0. The molecule has 6 aromatic rings. The lowest BCUT2D eigenvalue weighted by Gasteiger charge is -2.15. The van der Waals surface area contributed by atoms with E-state index < -0.39 is 0 Å². The third-order valence-electron chi connectivity index (χ3n) is 6.81. The summed E-state index contributed by atoms with van der Waals surface area (Å²) in [6, 6.07) is 44.2. The van der Waals surface area contributed by atoms with Crippen molar-refractivity contribution in [1.82, 2.24) is 4.98 Å². The smallest absolute Gasteiger partial charge is 0.227 e. The van der Waals surface area contributed by atoms with E-state index in [-0.39, 0.29) is 0 Å². The molecule has 0 atom stereocenters. The fraction of sp³-hybridized carbons (Fsp3) is 0.0571. The van der Waals surface area contributed by atoms with E-state index in [1.165, 1.54) is 22.3 Å². The first kappa shape index (κ1) is 22.8. The van der Waals surface area contributed by atoms with Gasteiger partial charge in [-0.15, -0.1) is 0 Å². The Balaban J connectivity index is 1.57. The Labute approximate surface area is 217 Å². The van der Waals surface area contributed by atoms with Crippen LogP contribution in [0, 0.1) is 13.8 Å². The van der Waals surface area contributed by atoms with Crippen LogP contribution in [-0.4, -0.2) is 4.98 Å². The molecule has 0 bridgehead atoms. The van der Waals surface area contributed by atoms with Gasteiger partial charge in [0.05, 0.1) is 5.69 Å². The quantitative estimate of drug-likeness (QED) is 0.246. The second-order valence-corrected chi connectivity index (χ2v) is 9.42. The topological polar surface area (TPSA) is 22.1 Å². The molecule has 0 N–H and O–H groups in total. The van der Waals surface area contributed by atoms with Gasteiger partial charge in [0.25, 0.3) is 0 Å². The molecule has 0 spiro atoms. The van der Waals surface area contributed by atoms with Crippen LogP contribution in [0.3, 0.4) is 0 Å². The molecule has 0 aliphatic rings. The zero-order valence-corrected chi connectivity index (χ0v) is 21.0. The number of fused-ring (bicyclic) bond motifs is 1. The monoisotopic (exact) mass is 477 g/mol.